The lowest BCUT2D eigenvalue weighted by atomic mass is 9.78. The number of amides is 2. The molecule has 116 valence electrons. The standard InChI is InChI=1S/C15H28N2O3/c1-4-6-12(9-14(18)19)16-15(20)17-13-8-5-7-10(2)11(13)3/h10-13H,4-9H2,1-3H3,(H,18,19)(H2,16,17,20). The van der Waals surface area contributed by atoms with Gasteiger partial charge in [-0.05, 0) is 24.7 Å². The highest BCUT2D eigenvalue weighted by Gasteiger charge is 2.28. The van der Waals surface area contributed by atoms with Gasteiger partial charge in [0.25, 0.3) is 0 Å². The van der Waals surface area contributed by atoms with Crippen LogP contribution in [0.25, 0.3) is 0 Å². The molecule has 0 heterocycles. The molecule has 1 aliphatic carbocycles. The van der Waals surface area contributed by atoms with Crippen LogP contribution in [-0.2, 0) is 4.79 Å². The van der Waals surface area contributed by atoms with E-state index < -0.39 is 5.97 Å². The maximum Gasteiger partial charge on any atom is 0.315 e. The Hall–Kier alpha value is -1.26. The lowest BCUT2D eigenvalue weighted by Crippen LogP contribution is -2.50. The first-order valence-electron chi connectivity index (χ1n) is 7.72. The average Bonchev–Trinajstić information content (AvgIpc) is 2.34. The van der Waals surface area contributed by atoms with Gasteiger partial charge in [0.15, 0.2) is 0 Å². The summed E-state index contributed by atoms with van der Waals surface area (Å²) in [7, 11) is 0. The molecule has 1 fully saturated rings. The van der Waals surface area contributed by atoms with Crippen LogP contribution in [0, 0.1) is 11.8 Å². The average molecular weight is 284 g/mol. The van der Waals surface area contributed by atoms with E-state index in [-0.39, 0.29) is 24.5 Å². The van der Waals surface area contributed by atoms with Crippen LogP contribution in [0.2, 0.25) is 0 Å². The summed E-state index contributed by atoms with van der Waals surface area (Å²) >= 11 is 0. The van der Waals surface area contributed by atoms with E-state index >= 15 is 0 Å². The molecule has 5 nitrogen and oxygen atoms in total. The smallest absolute Gasteiger partial charge is 0.315 e. The molecule has 1 rings (SSSR count). The van der Waals surface area contributed by atoms with Gasteiger partial charge in [0, 0.05) is 12.1 Å². The van der Waals surface area contributed by atoms with Gasteiger partial charge in [-0.25, -0.2) is 4.79 Å². The minimum atomic E-state index is -0.872. The molecule has 0 aromatic heterocycles. The van der Waals surface area contributed by atoms with Crippen molar-refractivity contribution in [3.05, 3.63) is 0 Å². The van der Waals surface area contributed by atoms with Crippen LogP contribution < -0.4 is 10.6 Å². The normalized spacial score (nSPS) is 27.6. The van der Waals surface area contributed by atoms with Gasteiger partial charge in [-0.2, -0.15) is 0 Å². The molecule has 0 saturated heterocycles. The van der Waals surface area contributed by atoms with Gasteiger partial charge in [-0.15, -0.1) is 0 Å². The van der Waals surface area contributed by atoms with Crippen LogP contribution >= 0.6 is 0 Å². The summed E-state index contributed by atoms with van der Waals surface area (Å²) in [5, 5.41) is 14.7. The molecule has 3 N–H and O–H groups in total. The highest BCUT2D eigenvalue weighted by atomic mass is 16.4. The molecular weight excluding hydrogens is 256 g/mol. The largest absolute Gasteiger partial charge is 0.481 e. The summed E-state index contributed by atoms with van der Waals surface area (Å²) in [6.07, 6.45) is 4.90. The lowest BCUT2D eigenvalue weighted by molar-refractivity contribution is -0.137. The maximum atomic E-state index is 12.0. The Labute approximate surface area is 121 Å². The van der Waals surface area contributed by atoms with Gasteiger partial charge < -0.3 is 15.7 Å². The summed E-state index contributed by atoms with van der Waals surface area (Å²) in [5.41, 5.74) is 0. The van der Waals surface area contributed by atoms with Crippen molar-refractivity contribution in [1.29, 1.82) is 0 Å². The van der Waals surface area contributed by atoms with Gasteiger partial charge in [-0.1, -0.05) is 40.0 Å². The third-order valence-corrected chi connectivity index (χ3v) is 4.42. The summed E-state index contributed by atoms with van der Waals surface area (Å²) < 4.78 is 0. The van der Waals surface area contributed by atoms with Crippen molar-refractivity contribution >= 4 is 12.0 Å². The molecular formula is C15H28N2O3. The number of urea groups is 1. The number of hydrogen-bond donors (Lipinski definition) is 3. The van der Waals surface area contributed by atoms with Crippen molar-refractivity contribution < 1.29 is 14.7 Å². The third-order valence-electron chi connectivity index (χ3n) is 4.42. The van der Waals surface area contributed by atoms with Crippen LogP contribution in [0.3, 0.4) is 0 Å². The van der Waals surface area contributed by atoms with E-state index in [0.717, 1.165) is 19.3 Å². The molecule has 1 saturated carbocycles. The number of nitrogens with one attached hydrogen (secondary N) is 2. The fraction of sp³-hybridized carbons (Fsp3) is 0.867. The zero-order chi connectivity index (χ0) is 15.1. The summed E-state index contributed by atoms with van der Waals surface area (Å²) in [5.74, 6) is 0.224. The molecule has 0 bridgehead atoms. The Balaban J connectivity index is 2.46. The second kappa shape index (κ2) is 8.12. The lowest BCUT2D eigenvalue weighted by Gasteiger charge is -2.34. The molecule has 0 aliphatic heterocycles. The number of carbonyl (C=O) groups excluding carboxylic acids is 1. The van der Waals surface area contributed by atoms with E-state index in [4.69, 9.17) is 5.11 Å². The van der Waals surface area contributed by atoms with E-state index in [1.54, 1.807) is 0 Å². The number of carbonyl (C=O) groups is 2. The number of rotatable bonds is 6. The monoisotopic (exact) mass is 284 g/mol. The van der Waals surface area contributed by atoms with Gasteiger partial charge in [0.2, 0.25) is 0 Å². The zero-order valence-electron chi connectivity index (χ0n) is 12.8. The van der Waals surface area contributed by atoms with E-state index in [1.165, 1.54) is 6.42 Å². The van der Waals surface area contributed by atoms with E-state index in [9.17, 15) is 9.59 Å². The van der Waals surface area contributed by atoms with Crippen molar-refractivity contribution in [2.24, 2.45) is 11.8 Å². The summed E-state index contributed by atoms with van der Waals surface area (Å²) in [6.45, 7) is 6.38. The van der Waals surface area contributed by atoms with Crippen molar-refractivity contribution in [3.8, 4) is 0 Å². The fourth-order valence-electron chi connectivity index (χ4n) is 2.97. The molecule has 20 heavy (non-hydrogen) atoms. The highest BCUT2D eigenvalue weighted by Crippen LogP contribution is 2.29. The van der Waals surface area contributed by atoms with E-state index in [1.807, 2.05) is 6.92 Å². The molecule has 0 aromatic carbocycles. The molecule has 0 radical (unpaired) electrons. The summed E-state index contributed by atoms with van der Waals surface area (Å²) in [6, 6.07) is -0.310. The van der Waals surface area contributed by atoms with E-state index in [2.05, 4.69) is 24.5 Å². The molecule has 4 unspecified atom stereocenters. The third kappa shape index (κ3) is 5.39. The number of carboxylic acids is 1. The SMILES string of the molecule is CCCC(CC(=O)O)NC(=O)NC1CCCC(C)C1C. The highest BCUT2D eigenvalue weighted by molar-refractivity contribution is 5.76. The first kappa shape index (κ1) is 16.8. The maximum absolute atomic E-state index is 12.0. The van der Waals surface area contributed by atoms with Gasteiger partial charge in [0.1, 0.15) is 0 Å². The second-order valence-corrected chi connectivity index (χ2v) is 6.08. The molecule has 5 heteroatoms. The Morgan fingerprint density at radius 2 is 2.00 bits per heavy atom. The molecule has 4 atom stereocenters. The quantitative estimate of drug-likeness (QED) is 0.701. The molecule has 0 spiro atoms. The van der Waals surface area contributed by atoms with Crippen LogP contribution in [0.5, 0.6) is 0 Å². The Morgan fingerprint density at radius 1 is 1.30 bits per heavy atom. The van der Waals surface area contributed by atoms with Crippen LogP contribution in [0.1, 0.15) is 59.3 Å². The van der Waals surface area contributed by atoms with Crippen molar-refractivity contribution in [3.63, 3.8) is 0 Å². The molecule has 1 aliphatic rings. The molecule has 2 amide bonds. The Morgan fingerprint density at radius 3 is 2.60 bits per heavy atom. The second-order valence-electron chi connectivity index (χ2n) is 6.08. The van der Waals surface area contributed by atoms with Crippen molar-refractivity contribution in [1.82, 2.24) is 10.6 Å². The first-order valence-corrected chi connectivity index (χ1v) is 7.72. The fourth-order valence-corrected chi connectivity index (χ4v) is 2.97. The first-order chi connectivity index (χ1) is 9.43. The Kier molecular flexibility index (Phi) is 6.82. The molecule has 0 aromatic rings. The van der Waals surface area contributed by atoms with Gasteiger partial charge in [-0.3, -0.25) is 4.79 Å². The van der Waals surface area contributed by atoms with E-state index in [0.29, 0.717) is 18.3 Å². The number of hydrogen-bond acceptors (Lipinski definition) is 2. The minimum Gasteiger partial charge on any atom is -0.481 e. The van der Waals surface area contributed by atoms with Crippen LogP contribution in [0.15, 0.2) is 0 Å². The zero-order valence-corrected chi connectivity index (χ0v) is 12.8. The van der Waals surface area contributed by atoms with Crippen LogP contribution in [-0.4, -0.2) is 29.2 Å². The van der Waals surface area contributed by atoms with Crippen molar-refractivity contribution in [2.45, 2.75) is 71.4 Å². The summed E-state index contributed by atoms with van der Waals surface area (Å²) in [4.78, 5) is 22.8. The van der Waals surface area contributed by atoms with Crippen molar-refractivity contribution in [2.75, 3.05) is 0 Å². The Bertz CT molecular complexity index is 333. The van der Waals surface area contributed by atoms with Crippen LogP contribution in [0.4, 0.5) is 4.79 Å². The van der Waals surface area contributed by atoms with Gasteiger partial charge >= 0.3 is 12.0 Å². The topological polar surface area (TPSA) is 78.4 Å². The van der Waals surface area contributed by atoms with Gasteiger partial charge in [0.05, 0.1) is 6.42 Å². The predicted octanol–water partition coefficient (Wildman–Crippen LogP) is 2.75. The number of aliphatic carboxylic acids is 1. The number of carboxylic acid groups (broad SMARTS) is 1. The predicted molar refractivity (Wildman–Crippen MR) is 78.6 cm³/mol. The minimum absolute atomic E-state index is 0.0160.